The number of H-pyrrole nitrogens is 1. The molecule has 0 aliphatic carbocycles. The van der Waals surface area contributed by atoms with E-state index in [-0.39, 0.29) is 24.0 Å². The summed E-state index contributed by atoms with van der Waals surface area (Å²) >= 11 is 0. The Morgan fingerprint density at radius 3 is 2.84 bits per heavy atom. The second-order valence-corrected chi connectivity index (χ2v) is 6.45. The van der Waals surface area contributed by atoms with Gasteiger partial charge in [-0.15, -0.1) is 0 Å². The number of hydrogen-bond acceptors (Lipinski definition) is 5. The SMILES string of the molecule is CC(C)(C)OC(=O)NC/C(=C/F)C(O)c1ccc2c(=O)[nH]cnc2c1. The summed E-state index contributed by atoms with van der Waals surface area (Å²) in [5.41, 5.74) is -0.327. The Bertz CT molecular complexity index is 855. The molecular weight excluding hydrogens is 329 g/mol. The van der Waals surface area contributed by atoms with Crippen LogP contribution in [0.1, 0.15) is 32.4 Å². The molecule has 2 rings (SSSR count). The molecular formula is C17H20FN3O4. The minimum atomic E-state index is -1.30. The highest BCUT2D eigenvalue weighted by Gasteiger charge is 2.19. The Balaban J connectivity index is 2.13. The van der Waals surface area contributed by atoms with E-state index in [1.54, 1.807) is 20.8 Å². The predicted octanol–water partition coefficient (Wildman–Crippen LogP) is 2.33. The van der Waals surface area contributed by atoms with Crippen molar-refractivity contribution in [2.75, 3.05) is 6.54 Å². The van der Waals surface area contributed by atoms with Crippen LogP contribution in [-0.2, 0) is 4.74 Å². The van der Waals surface area contributed by atoms with Gasteiger partial charge in [-0.3, -0.25) is 4.79 Å². The van der Waals surface area contributed by atoms with Crippen molar-refractivity contribution < 1.29 is 19.0 Å². The summed E-state index contributed by atoms with van der Waals surface area (Å²) in [6.45, 7) is 4.89. The maximum atomic E-state index is 13.2. The number of hydrogen-bond donors (Lipinski definition) is 3. The summed E-state index contributed by atoms with van der Waals surface area (Å²) in [5.74, 6) is 0. The number of benzene rings is 1. The summed E-state index contributed by atoms with van der Waals surface area (Å²) in [6, 6.07) is 4.49. The van der Waals surface area contributed by atoms with Gasteiger partial charge in [0.2, 0.25) is 0 Å². The van der Waals surface area contributed by atoms with Gasteiger partial charge in [0.05, 0.1) is 23.6 Å². The summed E-state index contributed by atoms with van der Waals surface area (Å²) in [4.78, 5) is 29.7. The van der Waals surface area contributed by atoms with Crippen molar-refractivity contribution in [3.05, 3.63) is 52.3 Å². The molecule has 134 valence electrons. The number of carbonyl (C=O) groups is 1. The number of rotatable bonds is 4. The number of ether oxygens (including phenoxy) is 1. The summed E-state index contributed by atoms with van der Waals surface area (Å²) in [7, 11) is 0. The number of amides is 1. The molecule has 7 nitrogen and oxygen atoms in total. The first kappa shape index (κ1) is 18.6. The zero-order valence-corrected chi connectivity index (χ0v) is 14.2. The number of alkyl carbamates (subject to hydrolysis) is 1. The van der Waals surface area contributed by atoms with Crippen molar-refractivity contribution in [3.63, 3.8) is 0 Å². The summed E-state index contributed by atoms with van der Waals surface area (Å²) in [6.07, 6.45) is -0.537. The average molecular weight is 349 g/mol. The summed E-state index contributed by atoms with van der Waals surface area (Å²) < 4.78 is 18.2. The largest absolute Gasteiger partial charge is 0.444 e. The quantitative estimate of drug-likeness (QED) is 0.786. The van der Waals surface area contributed by atoms with Gasteiger partial charge in [0.25, 0.3) is 5.56 Å². The van der Waals surface area contributed by atoms with E-state index in [9.17, 15) is 19.1 Å². The van der Waals surface area contributed by atoms with Crippen molar-refractivity contribution in [1.29, 1.82) is 0 Å². The minimum absolute atomic E-state index is 0.0601. The smallest absolute Gasteiger partial charge is 0.407 e. The average Bonchev–Trinajstić information content (AvgIpc) is 2.53. The van der Waals surface area contributed by atoms with Gasteiger partial charge in [0.1, 0.15) is 11.7 Å². The second-order valence-electron chi connectivity index (χ2n) is 6.45. The third-order valence-corrected chi connectivity index (χ3v) is 3.31. The fraction of sp³-hybridized carbons (Fsp3) is 0.353. The molecule has 1 amide bonds. The predicted molar refractivity (Wildman–Crippen MR) is 90.8 cm³/mol. The molecule has 8 heteroatoms. The van der Waals surface area contributed by atoms with E-state index in [0.717, 1.165) is 0 Å². The van der Waals surface area contributed by atoms with Gasteiger partial charge in [-0.25, -0.2) is 14.2 Å². The highest BCUT2D eigenvalue weighted by Crippen LogP contribution is 2.23. The molecule has 0 radical (unpaired) electrons. The number of nitrogens with zero attached hydrogens (tertiary/aromatic N) is 1. The van der Waals surface area contributed by atoms with Crippen molar-refractivity contribution in [3.8, 4) is 0 Å². The number of fused-ring (bicyclic) bond motifs is 1. The Labute approximate surface area is 143 Å². The van der Waals surface area contributed by atoms with E-state index >= 15 is 0 Å². The van der Waals surface area contributed by atoms with E-state index in [0.29, 0.717) is 16.5 Å². The van der Waals surface area contributed by atoms with Crippen molar-refractivity contribution in [2.24, 2.45) is 0 Å². The molecule has 1 atom stereocenters. The molecule has 0 saturated carbocycles. The number of aliphatic hydroxyl groups is 1. The molecule has 1 unspecified atom stereocenters. The highest BCUT2D eigenvalue weighted by atomic mass is 19.1. The Kier molecular flexibility index (Phi) is 5.53. The minimum Gasteiger partial charge on any atom is -0.444 e. The third-order valence-electron chi connectivity index (χ3n) is 3.31. The first-order valence-corrected chi connectivity index (χ1v) is 7.62. The second kappa shape index (κ2) is 7.43. The lowest BCUT2D eigenvalue weighted by Crippen LogP contribution is -2.34. The molecule has 1 aromatic heterocycles. The Morgan fingerprint density at radius 2 is 2.20 bits per heavy atom. The maximum absolute atomic E-state index is 13.2. The molecule has 0 aliphatic rings. The number of aliphatic hydroxyl groups excluding tert-OH is 1. The Morgan fingerprint density at radius 1 is 1.48 bits per heavy atom. The molecule has 0 spiro atoms. The van der Waals surface area contributed by atoms with Crippen LogP contribution in [0.4, 0.5) is 9.18 Å². The van der Waals surface area contributed by atoms with Gasteiger partial charge >= 0.3 is 6.09 Å². The molecule has 0 bridgehead atoms. The van der Waals surface area contributed by atoms with Crippen LogP contribution < -0.4 is 10.9 Å². The van der Waals surface area contributed by atoms with E-state index in [2.05, 4.69) is 15.3 Å². The maximum Gasteiger partial charge on any atom is 0.407 e. The first-order chi connectivity index (χ1) is 11.7. The van der Waals surface area contributed by atoms with Crippen LogP contribution in [0.25, 0.3) is 10.9 Å². The van der Waals surface area contributed by atoms with Gasteiger partial charge < -0.3 is 20.1 Å². The number of carbonyl (C=O) groups excluding carboxylic acids is 1. The van der Waals surface area contributed by atoms with Gasteiger partial charge in [-0.2, -0.15) is 0 Å². The molecule has 1 heterocycles. The molecule has 0 aliphatic heterocycles. The topological polar surface area (TPSA) is 104 Å². The van der Waals surface area contributed by atoms with Gasteiger partial charge in [0.15, 0.2) is 0 Å². The lowest BCUT2D eigenvalue weighted by Gasteiger charge is -2.21. The number of nitrogens with one attached hydrogen (secondary N) is 2. The van der Waals surface area contributed by atoms with Gasteiger partial charge in [-0.05, 0) is 38.5 Å². The molecule has 0 saturated heterocycles. The summed E-state index contributed by atoms with van der Waals surface area (Å²) in [5, 5.41) is 13.1. The number of aromatic nitrogens is 2. The molecule has 2 aromatic rings. The molecule has 3 N–H and O–H groups in total. The van der Waals surface area contributed by atoms with E-state index in [1.165, 1.54) is 24.5 Å². The number of halogens is 1. The molecule has 1 aromatic carbocycles. The van der Waals surface area contributed by atoms with Crippen LogP contribution in [0.15, 0.2) is 41.2 Å². The van der Waals surface area contributed by atoms with E-state index in [1.807, 2.05) is 0 Å². The van der Waals surface area contributed by atoms with Crippen LogP contribution in [-0.4, -0.2) is 33.3 Å². The monoisotopic (exact) mass is 349 g/mol. The zero-order chi connectivity index (χ0) is 18.6. The first-order valence-electron chi connectivity index (χ1n) is 7.62. The highest BCUT2D eigenvalue weighted by molar-refractivity contribution is 5.78. The van der Waals surface area contributed by atoms with E-state index in [4.69, 9.17) is 4.74 Å². The number of aromatic amines is 1. The Hall–Kier alpha value is -2.74. The van der Waals surface area contributed by atoms with Crippen molar-refractivity contribution in [2.45, 2.75) is 32.5 Å². The zero-order valence-electron chi connectivity index (χ0n) is 14.2. The normalized spacial score (nSPS) is 13.6. The van der Waals surface area contributed by atoms with Gasteiger partial charge in [-0.1, -0.05) is 6.07 Å². The lowest BCUT2D eigenvalue weighted by molar-refractivity contribution is 0.0529. The van der Waals surface area contributed by atoms with Crippen LogP contribution in [0, 0.1) is 0 Å². The van der Waals surface area contributed by atoms with Crippen LogP contribution in [0.2, 0.25) is 0 Å². The standard InChI is InChI=1S/C17H20FN3O4/c1-17(2,3)25-16(24)19-8-11(7-18)14(22)10-4-5-12-13(6-10)20-9-21-15(12)23/h4-7,9,14,22H,8H2,1-3H3,(H,19,24)(H,20,21,23)/b11-7-. The van der Waals surface area contributed by atoms with Crippen LogP contribution in [0.5, 0.6) is 0 Å². The van der Waals surface area contributed by atoms with Gasteiger partial charge in [0, 0.05) is 12.1 Å². The van der Waals surface area contributed by atoms with Crippen LogP contribution in [0.3, 0.4) is 0 Å². The third kappa shape index (κ3) is 4.87. The fourth-order valence-electron chi connectivity index (χ4n) is 2.15. The van der Waals surface area contributed by atoms with Crippen LogP contribution >= 0.6 is 0 Å². The lowest BCUT2D eigenvalue weighted by atomic mass is 10.0. The molecule has 25 heavy (non-hydrogen) atoms. The van der Waals surface area contributed by atoms with Crippen molar-refractivity contribution >= 4 is 17.0 Å². The van der Waals surface area contributed by atoms with Crippen molar-refractivity contribution in [1.82, 2.24) is 15.3 Å². The van der Waals surface area contributed by atoms with E-state index < -0.39 is 17.8 Å². The molecule has 0 fully saturated rings. The fourth-order valence-corrected chi connectivity index (χ4v) is 2.15.